The van der Waals surface area contributed by atoms with Gasteiger partial charge in [0.25, 0.3) is 5.91 Å². The lowest BCUT2D eigenvalue weighted by molar-refractivity contribution is -0.247. The van der Waals surface area contributed by atoms with E-state index in [9.17, 15) is 58.7 Å². The molecule has 1 aromatic carbocycles. The number of amides is 4. The van der Waals surface area contributed by atoms with Crippen molar-refractivity contribution in [3.8, 4) is 17.4 Å². The van der Waals surface area contributed by atoms with E-state index in [1.165, 1.54) is 32.2 Å². The van der Waals surface area contributed by atoms with Crippen LogP contribution in [0, 0.1) is 17.8 Å². The van der Waals surface area contributed by atoms with Crippen molar-refractivity contribution in [2.75, 3.05) is 13.7 Å². The van der Waals surface area contributed by atoms with Gasteiger partial charge in [-0.05, 0) is 103 Å². The number of nitrogens with one attached hydrogen (secondary N) is 3. The maximum atomic E-state index is 14.9. The Morgan fingerprint density at radius 1 is 0.941 bits per heavy atom. The predicted molar refractivity (Wildman–Crippen MR) is 229 cm³/mol. The molecule has 3 fully saturated rings. The van der Waals surface area contributed by atoms with E-state index >= 15 is 0 Å². The highest BCUT2D eigenvalue weighted by atomic mass is 32.2. The Hall–Kier alpha value is -5.55. The first kappa shape index (κ1) is 51.8. The smallest absolute Gasteiger partial charge is 0.497 e. The molecule has 0 unspecified atom stereocenters. The van der Waals surface area contributed by atoms with Gasteiger partial charge < -0.3 is 39.2 Å². The molecule has 17 nitrogen and oxygen atoms in total. The highest BCUT2D eigenvalue weighted by Gasteiger charge is 2.63. The normalized spacial score (nSPS) is 26.8. The zero-order valence-corrected chi connectivity index (χ0v) is 39.4. The van der Waals surface area contributed by atoms with E-state index in [2.05, 4.69) is 25.1 Å². The van der Waals surface area contributed by atoms with Crippen molar-refractivity contribution in [1.29, 1.82) is 0 Å². The van der Waals surface area contributed by atoms with Crippen LogP contribution in [0.25, 0.3) is 10.8 Å². The van der Waals surface area contributed by atoms with Gasteiger partial charge in [-0.15, -0.1) is 0 Å². The van der Waals surface area contributed by atoms with Crippen LogP contribution >= 0.6 is 0 Å². The highest BCUT2D eigenvalue weighted by Crippen LogP contribution is 2.48. The number of sulfonamides is 1. The van der Waals surface area contributed by atoms with Crippen molar-refractivity contribution in [2.24, 2.45) is 17.8 Å². The number of halogens is 6. The van der Waals surface area contributed by atoms with Crippen LogP contribution in [-0.4, -0.2) is 114 Å². The third-order valence-corrected chi connectivity index (χ3v) is 15.2. The number of carbonyl (C=O) groups is 5. The molecule has 6 rings (SSSR count). The summed E-state index contributed by atoms with van der Waals surface area (Å²) in [7, 11) is -2.86. The largest absolute Gasteiger partial charge is 0.514 e. The molecule has 3 N–H and O–H groups in total. The molecule has 68 heavy (non-hydrogen) atoms. The number of ether oxygens (including phenoxy) is 5. The second kappa shape index (κ2) is 18.4. The van der Waals surface area contributed by atoms with E-state index in [-0.39, 0.29) is 53.3 Å². The summed E-state index contributed by atoms with van der Waals surface area (Å²) in [6.07, 6.45) is -8.35. The average Bonchev–Trinajstić information content (AvgIpc) is 4.10. The van der Waals surface area contributed by atoms with E-state index in [1.807, 2.05) is 6.92 Å². The van der Waals surface area contributed by atoms with Crippen molar-refractivity contribution in [1.82, 2.24) is 25.2 Å². The molecule has 2 aliphatic heterocycles. The molecule has 4 amide bonds. The number of rotatable bonds is 10. The Morgan fingerprint density at radius 2 is 1.59 bits per heavy atom. The molecule has 24 heteroatoms. The Kier molecular flexibility index (Phi) is 14.0. The quantitative estimate of drug-likeness (QED) is 0.127. The second-order valence-electron chi connectivity index (χ2n) is 19.3. The van der Waals surface area contributed by atoms with E-state index in [0.29, 0.717) is 53.4 Å². The van der Waals surface area contributed by atoms with Gasteiger partial charge in [-0.1, -0.05) is 26.0 Å². The van der Waals surface area contributed by atoms with Crippen LogP contribution in [0.4, 0.5) is 35.9 Å². The van der Waals surface area contributed by atoms with Gasteiger partial charge in [-0.2, -0.15) is 26.3 Å². The number of alkyl carbamates (subject to hydrolysis) is 1. The molecule has 0 spiro atoms. The molecule has 2 aromatic rings. The second-order valence-corrected chi connectivity index (χ2v) is 21.5. The lowest BCUT2D eigenvalue weighted by Gasteiger charge is -2.34. The van der Waals surface area contributed by atoms with Crippen LogP contribution in [0.2, 0.25) is 0 Å². The lowest BCUT2D eigenvalue weighted by Crippen LogP contribution is -2.59. The molecular weight excluding hydrogens is 937 g/mol. The minimum atomic E-state index is -4.99. The monoisotopic (exact) mass is 991 g/mol. The van der Waals surface area contributed by atoms with Crippen LogP contribution in [-0.2, 0) is 33.9 Å². The maximum Gasteiger partial charge on any atom is 0.514 e. The zero-order chi connectivity index (χ0) is 50.6. The Morgan fingerprint density at radius 3 is 2.21 bits per heavy atom. The van der Waals surface area contributed by atoms with Gasteiger partial charge >= 0.3 is 24.6 Å². The molecule has 7 atom stereocenters. The van der Waals surface area contributed by atoms with Crippen LogP contribution in [0.1, 0.15) is 93.4 Å². The zero-order valence-electron chi connectivity index (χ0n) is 38.6. The molecule has 2 saturated carbocycles. The van der Waals surface area contributed by atoms with Gasteiger partial charge in [-0.25, -0.2) is 23.0 Å². The molecule has 4 aliphatic rings. The van der Waals surface area contributed by atoms with Gasteiger partial charge in [0, 0.05) is 23.1 Å². The maximum absolute atomic E-state index is 14.9. The summed E-state index contributed by atoms with van der Waals surface area (Å²) in [5.41, 5.74) is -7.68. The minimum absolute atomic E-state index is 0.000534. The third kappa shape index (κ3) is 10.8. The standard InChI is InChI=1S/C44H55F6N5O12S/c1-23-11-9-10-12-25-20-42(25,36(58)54-68(61,62)41(7)15-16-41)53-33(56)30-19-27(22-55(30)35(57)32(24(2)17-23)52-37(59)66-39(3,4)43(45,46)47)64-34-28-14-13-26(63-8)18-29(28)31(21-51-34)65-38(60)67-40(5,6)44(48,49)50/h10,12-14,18,21,23-25,27,30,32H,9,11,15-17,19-20,22H2,1-8H3,(H,52,59)(H,53,56)(H,54,58)/t23-,24-,25-,27-,30+,32+,42-/m1/s1. The number of aromatic nitrogens is 1. The summed E-state index contributed by atoms with van der Waals surface area (Å²) >= 11 is 0. The Balaban J connectivity index is 1.36. The summed E-state index contributed by atoms with van der Waals surface area (Å²) in [5.74, 6) is -4.73. The molecule has 376 valence electrons. The van der Waals surface area contributed by atoms with Crippen molar-refractivity contribution in [2.45, 2.75) is 145 Å². The lowest BCUT2D eigenvalue weighted by atomic mass is 9.88. The average molecular weight is 992 g/mol. The fourth-order valence-electron chi connectivity index (χ4n) is 8.05. The van der Waals surface area contributed by atoms with Crippen LogP contribution in [0.5, 0.6) is 17.4 Å². The van der Waals surface area contributed by atoms with E-state index in [4.69, 9.17) is 18.9 Å². The molecule has 0 radical (unpaired) electrons. The number of fused-ring (bicyclic) bond motifs is 3. The van der Waals surface area contributed by atoms with E-state index < -0.39 is 110 Å². The number of methoxy groups -OCH3 is 1. The van der Waals surface area contributed by atoms with Crippen LogP contribution < -0.4 is 29.6 Å². The predicted octanol–water partition coefficient (Wildman–Crippen LogP) is 6.77. The molecule has 3 heterocycles. The fourth-order valence-corrected chi connectivity index (χ4v) is 9.36. The number of alkyl halides is 6. The number of carbonyl (C=O) groups excluding carboxylic acids is 5. The molecule has 1 aromatic heterocycles. The molecule has 2 aliphatic carbocycles. The van der Waals surface area contributed by atoms with Gasteiger partial charge in [0.15, 0.2) is 5.75 Å². The highest BCUT2D eigenvalue weighted by molar-refractivity contribution is 7.91. The van der Waals surface area contributed by atoms with E-state index in [1.54, 1.807) is 19.1 Å². The number of benzene rings is 1. The summed E-state index contributed by atoms with van der Waals surface area (Å²) in [4.78, 5) is 74.7. The first-order chi connectivity index (χ1) is 31.3. The van der Waals surface area contributed by atoms with Gasteiger partial charge in [0.2, 0.25) is 38.9 Å². The van der Waals surface area contributed by atoms with Gasteiger partial charge in [0.05, 0.1) is 24.6 Å². The van der Waals surface area contributed by atoms with Crippen molar-refractivity contribution >= 4 is 50.8 Å². The first-order valence-corrected chi connectivity index (χ1v) is 23.3. The Labute approximate surface area is 388 Å². The third-order valence-electron chi connectivity index (χ3n) is 13.1. The summed E-state index contributed by atoms with van der Waals surface area (Å²) in [6.45, 7) is 7.04. The van der Waals surface area contributed by atoms with Crippen LogP contribution in [0.15, 0.2) is 36.5 Å². The van der Waals surface area contributed by atoms with E-state index in [0.717, 1.165) is 11.1 Å². The number of hydrogen-bond donors (Lipinski definition) is 3. The molecular formula is C44H55F6N5O12S. The van der Waals surface area contributed by atoms with Crippen molar-refractivity contribution < 1.29 is 82.4 Å². The molecule has 1 saturated heterocycles. The topological polar surface area (TPSA) is 218 Å². The Bertz CT molecular complexity index is 2460. The number of pyridine rings is 1. The number of allylic oxidation sites excluding steroid dienone is 1. The first-order valence-electron chi connectivity index (χ1n) is 21.9. The number of nitrogens with zero attached hydrogens (tertiary/aromatic N) is 2. The van der Waals surface area contributed by atoms with Gasteiger partial charge in [-0.3, -0.25) is 19.1 Å². The van der Waals surface area contributed by atoms with Crippen molar-refractivity contribution in [3.63, 3.8) is 0 Å². The van der Waals surface area contributed by atoms with Crippen LogP contribution in [0.3, 0.4) is 0 Å². The summed E-state index contributed by atoms with van der Waals surface area (Å²) in [5, 5.41) is 5.17. The summed E-state index contributed by atoms with van der Waals surface area (Å²) < 4.78 is 136. The molecule has 0 bridgehead atoms. The number of hydrogen-bond acceptors (Lipinski definition) is 13. The SMILES string of the molecule is COc1ccc2c(O[C@@H]3C[C@H]4C(=O)N[C@]5(C(=O)NS(=O)(=O)C6(C)CC6)C[C@H]5C=CCC[C@@H](C)C[C@@H](C)[C@H](NC(=O)OC(C)(C)C(F)(F)F)C(=O)N4C3)ncc(OC(=O)OC(C)(C)C(F)(F)F)c2c1. The fraction of sp³-hybridized carbons (Fsp3) is 0.636. The summed E-state index contributed by atoms with van der Waals surface area (Å²) in [6, 6.07) is 1.17. The minimum Gasteiger partial charge on any atom is -0.497 e. The van der Waals surface area contributed by atoms with Gasteiger partial charge in [0.1, 0.15) is 29.5 Å². The van der Waals surface area contributed by atoms with Crippen molar-refractivity contribution in [3.05, 3.63) is 36.5 Å².